The molecule has 2 N–H and O–H groups in total. The number of halogens is 2. The van der Waals surface area contributed by atoms with E-state index in [9.17, 15) is 8.78 Å². The molecule has 1 aliphatic carbocycles. The molecule has 0 aliphatic heterocycles. The molecule has 2 rings (SSSR count). The molecule has 1 aromatic rings. The van der Waals surface area contributed by atoms with Crippen LogP contribution in [0.25, 0.3) is 0 Å². The van der Waals surface area contributed by atoms with Crippen molar-refractivity contribution in [3.63, 3.8) is 0 Å². The van der Waals surface area contributed by atoms with Gasteiger partial charge >= 0.3 is 0 Å². The molecule has 0 heterocycles. The minimum absolute atomic E-state index is 0.0130. The van der Waals surface area contributed by atoms with E-state index in [2.05, 4.69) is 0 Å². The zero-order valence-electron chi connectivity index (χ0n) is 8.00. The topological polar surface area (TPSA) is 26.0 Å². The van der Waals surface area contributed by atoms with E-state index in [1.165, 1.54) is 18.2 Å². The Balaban J connectivity index is 2.26. The number of rotatable bonds is 2. The number of nitrogens with two attached hydrogens (primary N) is 1. The Morgan fingerprint density at radius 3 is 2.36 bits per heavy atom. The van der Waals surface area contributed by atoms with Gasteiger partial charge in [0, 0.05) is 11.6 Å². The maximum Gasteiger partial charge on any atom is 0.129 e. The van der Waals surface area contributed by atoms with E-state index < -0.39 is 11.6 Å². The first kappa shape index (κ1) is 9.59. The number of hydrogen-bond donors (Lipinski definition) is 1. The van der Waals surface area contributed by atoms with Crippen LogP contribution in [-0.2, 0) is 0 Å². The summed E-state index contributed by atoms with van der Waals surface area (Å²) >= 11 is 0. The third kappa shape index (κ3) is 1.52. The highest BCUT2D eigenvalue weighted by Gasteiger charge is 2.43. The minimum Gasteiger partial charge on any atom is -0.328 e. The summed E-state index contributed by atoms with van der Waals surface area (Å²) in [5.41, 5.74) is 5.90. The highest BCUT2D eigenvalue weighted by Crippen LogP contribution is 2.50. The van der Waals surface area contributed by atoms with Crippen LogP contribution in [0, 0.1) is 17.6 Å². The van der Waals surface area contributed by atoms with Crippen molar-refractivity contribution in [3.05, 3.63) is 35.4 Å². The molecule has 0 unspecified atom stereocenters. The second-order valence-corrected chi connectivity index (χ2v) is 4.00. The molecule has 3 atom stereocenters. The smallest absolute Gasteiger partial charge is 0.129 e. The quantitative estimate of drug-likeness (QED) is 0.774. The van der Waals surface area contributed by atoms with Gasteiger partial charge in [-0.1, -0.05) is 6.07 Å². The lowest BCUT2D eigenvalue weighted by Gasteiger charge is -2.06. The Morgan fingerprint density at radius 2 is 1.93 bits per heavy atom. The molecule has 1 nitrogen and oxygen atoms in total. The van der Waals surface area contributed by atoms with Crippen molar-refractivity contribution in [2.75, 3.05) is 0 Å². The molecule has 0 bridgehead atoms. The van der Waals surface area contributed by atoms with E-state index in [1.54, 1.807) is 0 Å². The second-order valence-electron chi connectivity index (χ2n) is 4.00. The Labute approximate surface area is 81.9 Å². The SMILES string of the molecule is C[C@H](N)[C@@H]1C[C@H]1c1c(F)cccc1F. The van der Waals surface area contributed by atoms with Crippen LogP contribution in [0.2, 0.25) is 0 Å². The number of hydrogen-bond acceptors (Lipinski definition) is 1. The zero-order chi connectivity index (χ0) is 10.3. The Morgan fingerprint density at radius 1 is 1.36 bits per heavy atom. The average molecular weight is 197 g/mol. The van der Waals surface area contributed by atoms with Gasteiger partial charge in [-0.15, -0.1) is 0 Å². The van der Waals surface area contributed by atoms with Crippen LogP contribution < -0.4 is 5.73 Å². The summed E-state index contributed by atoms with van der Waals surface area (Å²) in [5.74, 6) is -0.672. The summed E-state index contributed by atoms with van der Waals surface area (Å²) < 4.78 is 26.6. The number of benzene rings is 1. The fourth-order valence-electron chi connectivity index (χ4n) is 1.99. The molecule has 0 radical (unpaired) electrons. The predicted molar refractivity (Wildman–Crippen MR) is 50.9 cm³/mol. The maximum absolute atomic E-state index is 13.3. The first-order chi connectivity index (χ1) is 6.61. The van der Waals surface area contributed by atoms with E-state index in [4.69, 9.17) is 5.73 Å². The zero-order valence-corrected chi connectivity index (χ0v) is 8.00. The van der Waals surface area contributed by atoms with Gasteiger partial charge in [-0.25, -0.2) is 8.78 Å². The average Bonchev–Trinajstić information content (AvgIpc) is 2.83. The van der Waals surface area contributed by atoms with Crippen LogP contribution >= 0.6 is 0 Å². The van der Waals surface area contributed by atoms with Crippen LogP contribution in [0.3, 0.4) is 0 Å². The van der Waals surface area contributed by atoms with Gasteiger partial charge in [0.15, 0.2) is 0 Å². The lowest BCUT2D eigenvalue weighted by atomic mass is 10.1. The van der Waals surface area contributed by atoms with Crippen molar-refractivity contribution in [2.24, 2.45) is 11.7 Å². The summed E-state index contributed by atoms with van der Waals surface area (Å²) in [6.45, 7) is 1.88. The molecule has 1 aromatic carbocycles. The summed E-state index contributed by atoms with van der Waals surface area (Å²) in [6, 6.07) is 4.00. The highest BCUT2D eigenvalue weighted by atomic mass is 19.1. The normalized spacial score (nSPS) is 27.4. The fraction of sp³-hybridized carbons (Fsp3) is 0.455. The summed E-state index contributed by atoms with van der Waals surface area (Å²) in [5, 5.41) is 0. The van der Waals surface area contributed by atoms with Crippen LogP contribution in [0.15, 0.2) is 18.2 Å². The van der Waals surface area contributed by atoms with Gasteiger partial charge in [-0.3, -0.25) is 0 Å². The molecule has 0 spiro atoms. The van der Waals surface area contributed by atoms with E-state index >= 15 is 0 Å². The van der Waals surface area contributed by atoms with Crippen molar-refractivity contribution < 1.29 is 8.78 Å². The Kier molecular flexibility index (Phi) is 2.27. The van der Waals surface area contributed by atoms with Crippen molar-refractivity contribution in [2.45, 2.75) is 25.3 Å². The van der Waals surface area contributed by atoms with E-state index in [-0.39, 0.29) is 23.4 Å². The molecular formula is C11H13F2N. The largest absolute Gasteiger partial charge is 0.328 e. The first-order valence-corrected chi connectivity index (χ1v) is 4.80. The maximum atomic E-state index is 13.3. The van der Waals surface area contributed by atoms with Gasteiger partial charge in [-0.2, -0.15) is 0 Å². The van der Waals surface area contributed by atoms with Gasteiger partial charge in [0.05, 0.1) is 0 Å². The predicted octanol–water partition coefficient (Wildman–Crippen LogP) is 2.42. The van der Waals surface area contributed by atoms with Crippen LogP contribution in [0.1, 0.15) is 24.8 Å². The molecule has 76 valence electrons. The molecule has 0 amide bonds. The van der Waals surface area contributed by atoms with Crippen molar-refractivity contribution in [1.29, 1.82) is 0 Å². The van der Waals surface area contributed by atoms with Gasteiger partial charge in [0.2, 0.25) is 0 Å². The summed E-state index contributed by atoms with van der Waals surface area (Å²) in [6.07, 6.45) is 0.801. The standard InChI is InChI=1S/C11H13F2N/c1-6(14)7-5-8(7)11-9(12)3-2-4-10(11)13/h2-4,6-8H,5,14H2,1H3/t6-,7-,8+/m0/s1. The van der Waals surface area contributed by atoms with Crippen molar-refractivity contribution in [1.82, 2.24) is 0 Å². The molecule has 1 aliphatic rings. The van der Waals surface area contributed by atoms with Crippen molar-refractivity contribution in [3.8, 4) is 0 Å². The minimum atomic E-state index is -0.446. The summed E-state index contributed by atoms with van der Waals surface area (Å²) in [7, 11) is 0. The van der Waals surface area contributed by atoms with E-state index in [0.717, 1.165) is 6.42 Å². The molecule has 0 aromatic heterocycles. The lowest BCUT2D eigenvalue weighted by Crippen LogP contribution is -2.18. The molecular weight excluding hydrogens is 184 g/mol. The van der Waals surface area contributed by atoms with Gasteiger partial charge in [-0.05, 0) is 37.3 Å². The third-order valence-corrected chi connectivity index (χ3v) is 2.89. The Hall–Kier alpha value is -0.960. The summed E-state index contributed by atoms with van der Waals surface area (Å²) in [4.78, 5) is 0. The van der Waals surface area contributed by atoms with Crippen LogP contribution in [0.5, 0.6) is 0 Å². The van der Waals surface area contributed by atoms with Gasteiger partial charge in [0.25, 0.3) is 0 Å². The fourth-order valence-corrected chi connectivity index (χ4v) is 1.99. The Bertz CT molecular complexity index is 329. The second kappa shape index (κ2) is 3.31. The molecule has 1 saturated carbocycles. The van der Waals surface area contributed by atoms with E-state index in [0.29, 0.717) is 0 Å². The molecule has 0 saturated heterocycles. The highest BCUT2D eigenvalue weighted by molar-refractivity contribution is 5.29. The first-order valence-electron chi connectivity index (χ1n) is 4.80. The molecule has 14 heavy (non-hydrogen) atoms. The van der Waals surface area contributed by atoms with Gasteiger partial charge in [0.1, 0.15) is 11.6 Å². The monoisotopic (exact) mass is 197 g/mol. The molecule has 3 heteroatoms. The van der Waals surface area contributed by atoms with E-state index in [1.807, 2.05) is 6.92 Å². The van der Waals surface area contributed by atoms with Gasteiger partial charge < -0.3 is 5.73 Å². The van der Waals surface area contributed by atoms with Crippen molar-refractivity contribution >= 4 is 0 Å². The van der Waals surface area contributed by atoms with Crippen LogP contribution in [-0.4, -0.2) is 6.04 Å². The van der Waals surface area contributed by atoms with Crippen LogP contribution in [0.4, 0.5) is 8.78 Å². The lowest BCUT2D eigenvalue weighted by molar-refractivity contribution is 0.542. The molecule has 1 fully saturated rings. The third-order valence-electron chi connectivity index (χ3n) is 2.89.